The number of thiophene rings is 1. The molecule has 3 amide bonds. The monoisotopic (exact) mass is 295 g/mol. The minimum absolute atomic E-state index is 0.0648. The Bertz CT molecular complexity index is 481. The largest absolute Gasteiger partial charge is 0.345 e. The van der Waals surface area contributed by atoms with Crippen LogP contribution in [0.5, 0.6) is 0 Å². The molecule has 0 aromatic carbocycles. The van der Waals surface area contributed by atoms with E-state index in [1.807, 2.05) is 0 Å². The highest BCUT2D eigenvalue weighted by Gasteiger charge is 2.20. The van der Waals surface area contributed by atoms with Crippen molar-refractivity contribution in [1.29, 1.82) is 0 Å². The molecule has 1 aromatic heterocycles. The van der Waals surface area contributed by atoms with E-state index in [0.29, 0.717) is 4.88 Å². The molecule has 0 aliphatic heterocycles. The fraction of sp³-hybridized carbons (Fsp3) is 0.462. The van der Waals surface area contributed by atoms with Gasteiger partial charge in [-0.25, -0.2) is 0 Å². The van der Waals surface area contributed by atoms with Crippen molar-refractivity contribution in [3.63, 3.8) is 0 Å². The minimum Gasteiger partial charge on any atom is -0.345 e. The zero-order chi connectivity index (χ0) is 14.4. The Morgan fingerprint density at radius 2 is 1.80 bits per heavy atom. The van der Waals surface area contributed by atoms with Gasteiger partial charge in [-0.05, 0) is 24.3 Å². The molecule has 0 spiro atoms. The van der Waals surface area contributed by atoms with E-state index in [9.17, 15) is 14.4 Å². The summed E-state index contributed by atoms with van der Waals surface area (Å²) in [5, 5.41) is 4.43. The molecule has 20 heavy (non-hydrogen) atoms. The Labute approximate surface area is 120 Å². The number of carbonyl (C=O) groups is 3. The third kappa shape index (κ3) is 4.06. The Morgan fingerprint density at radius 1 is 1.05 bits per heavy atom. The van der Waals surface area contributed by atoms with E-state index in [2.05, 4.69) is 16.2 Å². The van der Waals surface area contributed by atoms with Crippen LogP contribution in [0.3, 0.4) is 0 Å². The van der Waals surface area contributed by atoms with Crippen LogP contribution in [0, 0.1) is 0 Å². The van der Waals surface area contributed by atoms with Gasteiger partial charge in [0.05, 0.1) is 4.88 Å². The van der Waals surface area contributed by atoms with Crippen molar-refractivity contribution in [2.75, 3.05) is 0 Å². The lowest BCUT2D eigenvalue weighted by Crippen LogP contribution is -2.50. The molecule has 7 heteroatoms. The summed E-state index contributed by atoms with van der Waals surface area (Å²) in [6, 6.07) is 3.43. The van der Waals surface area contributed by atoms with Gasteiger partial charge in [0.15, 0.2) is 0 Å². The van der Waals surface area contributed by atoms with Crippen molar-refractivity contribution in [1.82, 2.24) is 16.2 Å². The standard InChI is InChI=1S/C13H17N3O3S/c17-11(10-7-4-8-20-10)15-16-13(19)12(18)14-9-5-2-1-3-6-9/h4,7-9H,1-3,5-6H2,(H,14,18)(H,15,17)(H,16,19). The van der Waals surface area contributed by atoms with E-state index >= 15 is 0 Å². The zero-order valence-electron chi connectivity index (χ0n) is 11.0. The molecular formula is C13H17N3O3S. The number of nitrogens with one attached hydrogen (secondary N) is 3. The van der Waals surface area contributed by atoms with Gasteiger partial charge in [-0.2, -0.15) is 0 Å². The number of rotatable bonds is 2. The number of amides is 3. The van der Waals surface area contributed by atoms with Gasteiger partial charge >= 0.3 is 11.8 Å². The topological polar surface area (TPSA) is 87.3 Å². The lowest BCUT2D eigenvalue weighted by molar-refractivity contribution is -0.140. The third-order valence-electron chi connectivity index (χ3n) is 3.18. The van der Waals surface area contributed by atoms with Crippen LogP contribution in [-0.4, -0.2) is 23.8 Å². The van der Waals surface area contributed by atoms with Crippen LogP contribution >= 0.6 is 11.3 Å². The van der Waals surface area contributed by atoms with Gasteiger partial charge in [-0.1, -0.05) is 25.3 Å². The predicted molar refractivity (Wildman–Crippen MR) is 74.9 cm³/mol. The molecule has 1 fully saturated rings. The van der Waals surface area contributed by atoms with Gasteiger partial charge in [-0.15, -0.1) is 11.3 Å². The van der Waals surface area contributed by atoms with E-state index in [1.165, 1.54) is 17.8 Å². The van der Waals surface area contributed by atoms with E-state index in [4.69, 9.17) is 0 Å². The maximum Gasteiger partial charge on any atom is 0.327 e. The Balaban J connectivity index is 1.73. The van der Waals surface area contributed by atoms with E-state index in [0.717, 1.165) is 25.7 Å². The quantitative estimate of drug-likeness (QED) is 0.561. The maximum atomic E-state index is 11.6. The van der Waals surface area contributed by atoms with Crippen LogP contribution in [0.2, 0.25) is 0 Å². The van der Waals surface area contributed by atoms with Crippen molar-refractivity contribution in [2.24, 2.45) is 0 Å². The number of hydrazine groups is 1. The molecule has 1 heterocycles. The van der Waals surface area contributed by atoms with Gasteiger partial charge in [0, 0.05) is 6.04 Å². The lowest BCUT2D eigenvalue weighted by atomic mass is 9.95. The van der Waals surface area contributed by atoms with E-state index < -0.39 is 17.7 Å². The molecule has 2 rings (SSSR count). The number of hydrogen-bond acceptors (Lipinski definition) is 4. The highest BCUT2D eigenvalue weighted by molar-refractivity contribution is 7.12. The third-order valence-corrected chi connectivity index (χ3v) is 4.05. The van der Waals surface area contributed by atoms with Crippen LogP contribution in [0.4, 0.5) is 0 Å². The highest BCUT2D eigenvalue weighted by Crippen LogP contribution is 2.17. The summed E-state index contributed by atoms with van der Waals surface area (Å²) in [6.45, 7) is 0. The normalized spacial score (nSPS) is 15.4. The molecular weight excluding hydrogens is 278 g/mol. The summed E-state index contributed by atoms with van der Waals surface area (Å²) in [6.07, 6.45) is 5.12. The van der Waals surface area contributed by atoms with Crippen LogP contribution in [0.1, 0.15) is 41.8 Å². The van der Waals surface area contributed by atoms with Gasteiger partial charge in [0.25, 0.3) is 5.91 Å². The number of hydrogen-bond donors (Lipinski definition) is 3. The lowest BCUT2D eigenvalue weighted by Gasteiger charge is -2.22. The average molecular weight is 295 g/mol. The van der Waals surface area contributed by atoms with Gasteiger partial charge < -0.3 is 5.32 Å². The van der Waals surface area contributed by atoms with E-state index in [1.54, 1.807) is 17.5 Å². The summed E-state index contributed by atoms with van der Waals surface area (Å²) < 4.78 is 0. The van der Waals surface area contributed by atoms with Gasteiger partial charge in [0.1, 0.15) is 0 Å². The molecule has 1 saturated carbocycles. The molecule has 6 nitrogen and oxygen atoms in total. The maximum absolute atomic E-state index is 11.6. The van der Waals surface area contributed by atoms with Crippen LogP contribution in [0.25, 0.3) is 0 Å². The summed E-state index contributed by atoms with van der Waals surface area (Å²) in [7, 11) is 0. The van der Waals surface area contributed by atoms with Crippen molar-refractivity contribution in [3.8, 4) is 0 Å². The minimum atomic E-state index is -0.847. The van der Waals surface area contributed by atoms with Crippen molar-refractivity contribution < 1.29 is 14.4 Å². The average Bonchev–Trinajstić information content (AvgIpc) is 2.99. The van der Waals surface area contributed by atoms with Crippen LogP contribution in [-0.2, 0) is 9.59 Å². The smallest absolute Gasteiger partial charge is 0.327 e. The number of carbonyl (C=O) groups excluding carboxylic acids is 3. The molecule has 0 atom stereocenters. The summed E-state index contributed by atoms with van der Waals surface area (Å²) >= 11 is 1.26. The second kappa shape index (κ2) is 7.04. The van der Waals surface area contributed by atoms with Crippen LogP contribution in [0.15, 0.2) is 17.5 Å². The summed E-state index contributed by atoms with van der Waals surface area (Å²) in [5.74, 6) is -1.98. The molecule has 1 aliphatic carbocycles. The van der Waals surface area contributed by atoms with Crippen LogP contribution < -0.4 is 16.2 Å². The first-order valence-corrected chi connectivity index (χ1v) is 7.49. The molecule has 0 unspecified atom stereocenters. The molecule has 0 radical (unpaired) electrons. The summed E-state index contributed by atoms with van der Waals surface area (Å²) in [5.41, 5.74) is 4.33. The zero-order valence-corrected chi connectivity index (χ0v) is 11.8. The molecule has 108 valence electrons. The van der Waals surface area contributed by atoms with E-state index in [-0.39, 0.29) is 6.04 Å². The van der Waals surface area contributed by atoms with Gasteiger partial charge in [-0.3, -0.25) is 25.2 Å². The Hall–Kier alpha value is -1.89. The first-order valence-electron chi connectivity index (χ1n) is 6.61. The molecule has 0 saturated heterocycles. The predicted octanol–water partition coefficient (Wildman–Crippen LogP) is 0.958. The first kappa shape index (κ1) is 14.5. The highest BCUT2D eigenvalue weighted by atomic mass is 32.1. The van der Waals surface area contributed by atoms with Crippen molar-refractivity contribution in [2.45, 2.75) is 38.1 Å². The molecule has 3 N–H and O–H groups in total. The van der Waals surface area contributed by atoms with Crippen molar-refractivity contribution in [3.05, 3.63) is 22.4 Å². The Kier molecular flexibility index (Phi) is 5.11. The fourth-order valence-corrected chi connectivity index (χ4v) is 2.76. The van der Waals surface area contributed by atoms with Gasteiger partial charge in [0.2, 0.25) is 0 Å². The van der Waals surface area contributed by atoms with Crippen molar-refractivity contribution >= 4 is 29.1 Å². The molecule has 0 bridgehead atoms. The summed E-state index contributed by atoms with van der Waals surface area (Å²) in [4.78, 5) is 35.2. The Morgan fingerprint density at radius 3 is 2.45 bits per heavy atom. The second-order valence-electron chi connectivity index (χ2n) is 4.69. The first-order chi connectivity index (χ1) is 9.66. The SMILES string of the molecule is O=C(NNC(=O)c1cccs1)C(=O)NC1CCCCC1. The second-order valence-corrected chi connectivity index (χ2v) is 5.64. The molecule has 1 aliphatic rings. The molecule has 1 aromatic rings. The fourth-order valence-electron chi connectivity index (χ4n) is 2.14.